The maximum Gasteiger partial charge on any atom is 0.317 e. The van der Waals surface area contributed by atoms with Crippen LogP contribution in [0.5, 0.6) is 0 Å². The van der Waals surface area contributed by atoms with Crippen molar-refractivity contribution in [3.05, 3.63) is 34.3 Å². The third kappa shape index (κ3) is 3.75. The van der Waals surface area contributed by atoms with E-state index >= 15 is 0 Å². The number of nitrogens with zero attached hydrogens (tertiary/aromatic N) is 1. The summed E-state index contributed by atoms with van der Waals surface area (Å²) in [4.78, 5) is 14.0. The van der Waals surface area contributed by atoms with Crippen LogP contribution in [0.15, 0.2) is 28.7 Å². The zero-order valence-corrected chi connectivity index (χ0v) is 14.0. The summed E-state index contributed by atoms with van der Waals surface area (Å²) in [6.45, 7) is 8.92. The van der Waals surface area contributed by atoms with Gasteiger partial charge in [0.05, 0.1) is 0 Å². The molecule has 1 atom stereocenters. The number of carbonyl (C=O) groups excluding carboxylic acids is 1. The second-order valence-corrected chi connectivity index (χ2v) is 7.31. The van der Waals surface area contributed by atoms with Gasteiger partial charge >= 0.3 is 6.03 Å². The zero-order chi connectivity index (χ0) is 14.8. The highest BCUT2D eigenvalue weighted by Gasteiger charge is 2.26. The Bertz CT molecular complexity index is 470. The molecule has 2 rings (SSSR count). The van der Waals surface area contributed by atoms with Crippen LogP contribution in [0.25, 0.3) is 0 Å². The molecule has 1 heterocycles. The van der Waals surface area contributed by atoms with Crippen molar-refractivity contribution in [2.75, 3.05) is 19.6 Å². The Labute approximate surface area is 129 Å². The Morgan fingerprint density at radius 2 is 2.05 bits per heavy atom. The van der Waals surface area contributed by atoms with Gasteiger partial charge in [-0.25, -0.2) is 4.79 Å². The average molecular weight is 339 g/mol. The van der Waals surface area contributed by atoms with Crippen LogP contribution in [0.2, 0.25) is 0 Å². The summed E-state index contributed by atoms with van der Waals surface area (Å²) in [6, 6.07) is 8.37. The number of hydrogen-bond donors (Lipinski definition) is 1. The minimum absolute atomic E-state index is 0.0678. The van der Waals surface area contributed by atoms with Crippen molar-refractivity contribution in [1.29, 1.82) is 0 Å². The van der Waals surface area contributed by atoms with Gasteiger partial charge in [-0.3, -0.25) is 0 Å². The lowest BCUT2D eigenvalue weighted by Crippen LogP contribution is -2.43. The summed E-state index contributed by atoms with van der Waals surface area (Å²) >= 11 is 3.45. The molecule has 3 nitrogen and oxygen atoms in total. The van der Waals surface area contributed by atoms with Crippen LogP contribution in [-0.2, 0) is 5.41 Å². The smallest absolute Gasteiger partial charge is 0.317 e. The van der Waals surface area contributed by atoms with E-state index in [9.17, 15) is 4.79 Å². The molecule has 0 aromatic heterocycles. The van der Waals surface area contributed by atoms with Gasteiger partial charge in [-0.1, -0.05) is 48.8 Å². The highest BCUT2D eigenvalue weighted by molar-refractivity contribution is 9.10. The minimum atomic E-state index is -0.0678. The lowest BCUT2D eigenvalue weighted by molar-refractivity contribution is 0.205. The van der Waals surface area contributed by atoms with E-state index in [0.29, 0.717) is 12.5 Å². The standard InChI is InChI=1S/C16H23BrN2O/c1-12-8-9-19(10-12)15(20)18-11-16(2,3)13-4-6-14(17)7-5-13/h4-7,12H,8-11H2,1-3H3,(H,18,20). The molecule has 0 radical (unpaired) electrons. The molecule has 1 unspecified atom stereocenters. The molecule has 1 saturated heterocycles. The third-order valence-corrected chi connectivity index (χ3v) is 4.55. The summed E-state index contributed by atoms with van der Waals surface area (Å²) in [5, 5.41) is 3.07. The molecule has 1 aromatic carbocycles. The van der Waals surface area contributed by atoms with Crippen LogP contribution in [0, 0.1) is 5.92 Å². The maximum absolute atomic E-state index is 12.1. The van der Waals surface area contributed by atoms with Crippen LogP contribution < -0.4 is 5.32 Å². The molecular weight excluding hydrogens is 316 g/mol. The number of rotatable bonds is 3. The topological polar surface area (TPSA) is 32.3 Å². The summed E-state index contributed by atoms with van der Waals surface area (Å²) < 4.78 is 1.08. The molecule has 20 heavy (non-hydrogen) atoms. The Hall–Kier alpha value is -1.03. The Kier molecular flexibility index (Phi) is 4.74. The normalized spacial score (nSPS) is 19.2. The van der Waals surface area contributed by atoms with E-state index in [-0.39, 0.29) is 11.4 Å². The lowest BCUT2D eigenvalue weighted by atomic mass is 9.85. The molecule has 0 saturated carbocycles. The Morgan fingerprint density at radius 3 is 2.60 bits per heavy atom. The molecule has 1 aromatic rings. The van der Waals surface area contributed by atoms with E-state index in [2.05, 4.69) is 54.2 Å². The molecule has 1 aliphatic heterocycles. The first kappa shape index (κ1) is 15.4. The molecule has 4 heteroatoms. The number of urea groups is 1. The summed E-state index contributed by atoms with van der Waals surface area (Å²) in [5.74, 6) is 0.625. The van der Waals surface area contributed by atoms with Crippen LogP contribution in [0.1, 0.15) is 32.8 Å². The van der Waals surface area contributed by atoms with Crippen molar-refractivity contribution in [3.63, 3.8) is 0 Å². The number of amides is 2. The molecule has 0 aliphatic carbocycles. The van der Waals surface area contributed by atoms with Crippen molar-refractivity contribution in [3.8, 4) is 0 Å². The first-order valence-electron chi connectivity index (χ1n) is 7.17. The van der Waals surface area contributed by atoms with Gasteiger partial charge in [-0.05, 0) is 30.0 Å². The molecule has 1 aliphatic rings. The molecular formula is C16H23BrN2O. The zero-order valence-electron chi connectivity index (χ0n) is 12.4. The van der Waals surface area contributed by atoms with E-state index in [0.717, 1.165) is 24.0 Å². The quantitative estimate of drug-likeness (QED) is 0.893. The highest BCUT2D eigenvalue weighted by Crippen LogP contribution is 2.24. The monoisotopic (exact) mass is 338 g/mol. The van der Waals surface area contributed by atoms with E-state index in [4.69, 9.17) is 0 Å². The van der Waals surface area contributed by atoms with E-state index < -0.39 is 0 Å². The fraction of sp³-hybridized carbons (Fsp3) is 0.562. The van der Waals surface area contributed by atoms with Crippen LogP contribution >= 0.6 is 15.9 Å². The second kappa shape index (κ2) is 6.17. The number of nitrogens with one attached hydrogen (secondary N) is 1. The number of benzene rings is 1. The van der Waals surface area contributed by atoms with Crippen molar-refractivity contribution < 1.29 is 4.79 Å². The molecule has 1 N–H and O–H groups in total. The summed E-state index contributed by atoms with van der Waals surface area (Å²) in [7, 11) is 0. The molecule has 1 fully saturated rings. The second-order valence-electron chi connectivity index (χ2n) is 6.39. The Morgan fingerprint density at radius 1 is 1.40 bits per heavy atom. The molecule has 0 spiro atoms. The van der Waals surface area contributed by atoms with Crippen LogP contribution in [0.4, 0.5) is 4.79 Å². The lowest BCUT2D eigenvalue weighted by Gasteiger charge is -2.27. The van der Waals surface area contributed by atoms with Gasteiger partial charge in [-0.15, -0.1) is 0 Å². The van der Waals surface area contributed by atoms with Crippen molar-refractivity contribution in [1.82, 2.24) is 10.2 Å². The van der Waals surface area contributed by atoms with Crippen LogP contribution in [-0.4, -0.2) is 30.6 Å². The van der Waals surface area contributed by atoms with E-state index in [1.54, 1.807) is 0 Å². The predicted octanol–water partition coefficient (Wildman–Crippen LogP) is 3.78. The maximum atomic E-state index is 12.1. The molecule has 2 amide bonds. The van der Waals surface area contributed by atoms with Crippen molar-refractivity contribution in [2.45, 2.75) is 32.6 Å². The SMILES string of the molecule is CC1CCN(C(=O)NCC(C)(C)c2ccc(Br)cc2)C1. The first-order valence-corrected chi connectivity index (χ1v) is 7.96. The van der Waals surface area contributed by atoms with Gasteiger partial charge in [0.25, 0.3) is 0 Å². The van der Waals surface area contributed by atoms with Crippen molar-refractivity contribution >= 4 is 22.0 Å². The van der Waals surface area contributed by atoms with Crippen LogP contribution in [0.3, 0.4) is 0 Å². The van der Waals surface area contributed by atoms with E-state index in [1.165, 1.54) is 5.56 Å². The van der Waals surface area contributed by atoms with Gasteiger partial charge in [0.2, 0.25) is 0 Å². The highest BCUT2D eigenvalue weighted by atomic mass is 79.9. The molecule has 0 bridgehead atoms. The summed E-state index contributed by atoms with van der Waals surface area (Å²) in [6.07, 6.45) is 1.11. The minimum Gasteiger partial charge on any atom is -0.337 e. The largest absolute Gasteiger partial charge is 0.337 e. The number of hydrogen-bond acceptors (Lipinski definition) is 1. The van der Waals surface area contributed by atoms with Gasteiger partial charge in [-0.2, -0.15) is 0 Å². The Balaban J connectivity index is 1.91. The van der Waals surface area contributed by atoms with E-state index in [1.807, 2.05) is 17.0 Å². The third-order valence-electron chi connectivity index (χ3n) is 4.02. The van der Waals surface area contributed by atoms with Gasteiger partial charge in [0, 0.05) is 29.5 Å². The van der Waals surface area contributed by atoms with Gasteiger partial charge in [0.15, 0.2) is 0 Å². The first-order chi connectivity index (χ1) is 9.38. The van der Waals surface area contributed by atoms with Gasteiger partial charge < -0.3 is 10.2 Å². The van der Waals surface area contributed by atoms with Crippen molar-refractivity contribution in [2.24, 2.45) is 5.92 Å². The average Bonchev–Trinajstić information content (AvgIpc) is 2.83. The summed E-state index contributed by atoms with van der Waals surface area (Å²) in [5.41, 5.74) is 1.16. The fourth-order valence-corrected chi connectivity index (χ4v) is 2.80. The van der Waals surface area contributed by atoms with Gasteiger partial charge in [0.1, 0.15) is 0 Å². The number of carbonyl (C=O) groups is 1. The predicted molar refractivity (Wildman–Crippen MR) is 85.9 cm³/mol. The number of halogens is 1. The fourth-order valence-electron chi connectivity index (χ4n) is 2.53. The number of likely N-dealkylation sites (tertiary alicyclic amines) is 1. The molecule has 110 valence electrons.